The maximum Gasteiger partial charge on any atom is 0.0275 e. The summed E-state index contributed by atoms with van der Waals surface area (Å²) in [5.41, 5.74) is 0. The quantitative estimate of drug-likeness (QED) is 0.844. The maximum atomic E-state index is 3.59. The Kier molecular flexibility index (Phi) is 5.27. The Morgan fingerprint density at radius 3 is 2.58 bits per heavy atom. The summed E-state index contributed by atoms with van der Waals surface area (Å²) in [7, 11) is 6.77. The minimum absolute atomic E-state index is 0.663. The molecule has 1 saturated heterocycles. The zero-order valence-corrected chi connectivity index (χ0v) is 13.5. The van der Waals surface area contributed by atoms with Crippen molar-refractivity contribution in [2.24, 2.45) is 11.8 Å². The van der Waals surface area contributed by atoms with Crippen molar-refractivity contribution in [3.05, 3.63) is 0 Å². The summed E-state index contributed by atoms with van der Waals surface area (Å²) in [4.78, 5) is 5.20. The smallest absolute Gasteiger partial charge is 0.0275 e. The Hall–Kier alpha value is -0.120. The first-order valence-electron chi connectivity index (χ1n) is 8.10. The van der Waals surface area contributed by atoms with Crippen LogP contribution in [0, 0.1) is 11.8 Å². The number of hydrogen-bond donors (Lipinski definition) is 1. The normalized spacial score (nSPS) is 41.7. The van der Waals surface area contributed by atoms with Gasteiger partial charge < -0.3 is 10.2 Å². The van der Waals surface area contributed by atoms with Crippen molar-refractivity contribution in [2.45, 2.75) is 57.7 Å². The molecule has 5 atom stereocenters. The van der Waals surface area contributed by atoms with E-state index < -0.39 is 0 Å². The van der Waals surface area contributed by atoms with E-state index in [1.165, 1.54) is 38.8 Å². The fourth-order valence-electron chi connectivity index (χ4n) is 4.53. The minimum atomic E-state index is 0.663. The van der Waals surface area contributed by atoms with Crippen molar-refractivity contribution < 1.29 is 0 Å². The zero-order valence-electron chi connectivity index (χ0n) is 13.5. The van der Waals surface area contributed by atoms with E-state index in [2.05, 4.69) is 50.1 Å². The summed E-state index contributed by atoms with van der Waals surface area (Å²) in [6.45, 7) is 7.38. The van der Waals surface area contributed by atoms with Crippen LogP contribution in [0.2, 0.25) is 0 Å². The lowest BCUT2D eigenvalue weighted by atomic mass is 9.75. The lowest BCUT2D eigenvalue weighted by molar-refractivity contribution is 0.0271. The van der Waals surface area contributed by atoms with Gasteiger partial charge in [-0.05, 0) is 65.2 Å². The SMILES string of the molecule is CNC1CC(C)CC(C)C1N(C)C1CCCN(C)C1. The number of nitrogens with one attached hydrogen (secondary N) is 1. The minimum Gasteiger partial charge on any atom is -0.315 e. The van der Waals surface area contributed by atoms with E-state index >= 15 is 0 Å². The molecule has 2 aliphatic rings. The van der Waals surface area contributed by atoms with Gasteiger partial charge in [-0.2, -0.15) is 0 Å². The topological polar surface area (TPSA) is 18.5 Å². The molecule has 0 aromatic rings. The summed E-state index contributed by atoms with van der Waals surface area (Å²) in [5, 5.41) is 3.59. The third-order valence-corrected chi connectivity index (χ3v) is 5.44. The van der Waals surface area contributed by atoms with Crippen LogP contribution in [0.25, 0.3) is 0 Å². The van der Waals surface area contributed by atoms with E-state index in [9.17, 15) is 0 Å². The lowest BCUT2D eigenvalue weighted by Gasteiger charge is -2.48. The second-order valence-corrected chi connectivity index (χ2v) is 7.16. The Morgan fingerprint density at radius 1 is 1.21 bits per heavy atom. The van der Waals surface area contributed by atoms with Crippen LogP contribution in [-0.2, 0) is 0 Å². The van der Waals surface area contributed by atoms with Crippen LogP contribution in [-0.4, -0.2) is 62.2 Å². The molecule has 0 aromatic carbocycles. The van der Waals surface area contributed by atoms with Crippen molar-refractivity contribution in [3.63, 3.8) is 0 Å². The summed E-state index contributed by atoms with van der Waals surface area (Å²) in [6.07, 6.45) is 5.44. The van der Waals surface area contributed by atoms with Crippen molar-refractivity contribution in [1.82, 2.24) is 15.1 Å². The molecule has 0 bridgehead atoms. The second-order valence-electron chi connectivity index (χ2n) is 7.16. The molecule has 0 amide bonds. The van der Waals surface area contributed by atoms with E-state index in [1.807, 2.05) is 0 Å². The third-order valence-electron chi connectivity index (χ3n) is 5.44. The fraction of sp³-hybridized carbons (Fsp3) is 1.00. The molecule has 0 aromatic heterocycles. The Bertz CT molecular complexity index is 281. The van der Waals surface area contributed by atoms with Crippen molar-refractivity contribution in [2.75, 3.05) is 34.2 Å². The van der Waals surface area contributed by atoms with E-state index in [4.69, 9.17) is 0 Å². The largest absolute Gasteiger partial charge is 0.315 e. The van der Waals surface area contributed by atoms with Crippen molar-refractivity contribution >= 4 is 0 Å². The molecule has 3 heteroatoms. The molecule has 1 heterocycles. The summed E-state index contributed by atoms with van der Waals surface area (Å²) in [5.74, 6) is 1.67. The highest BCUT2D eigenvalue weighted by molar-refractivity contribution is 4.95. The molecule has 1 N–H and O–H groups in total. The molecule has 1 saturated carbocycles. The van der Waals surface area contributed by atoms with Crippen LogP contribution < -0.4 is 5.32 Å². The molecule has 5 unspecified atom stereocenters. The monoisotopic (exact) mass is 267 g/mol. The lowest BCUT2D eigenvalue weighted by Crippen LogP contribution is -2.59. The highest BCUT2D eigenvalue weighted by Gasteiger charge is 2.38. The molecular formula is C16H33N3. The Balaban J connectivity index is 2.04. The predicted octanol–water partition coefficient (Wildman–Crippen LogP) is 2.03. The second kappa shape index (κ2) is 6.55. The maximum absolute atomic E-state index is 3.59. The standard InChI is InChI=1S/C16H33N3/c1-12-9-13(2)16(15(10-12)17-3)19(5)14-7-6-8-18(4)11-14/h12-17H,6-11H2,1-5H3. The molecule has 1 aliphatic heterocycles. The van der Waals surface area contributed by atoms with Gasteiger partial charge in [0.1, 0.15) is 0 Å². The summed E-state index contributed by atoms with van der Waals surface area (Å²) in [6, 6.07) is 2.11. The van der Waals surface area contributed by atoms with Gasteiger partial charge in [0.2, 0.25) is 0 Å². The summed E-state index contributed by atoms with van der Waals surface area (Å²) < 4.78 is 0. The van der Waals surface area contributed by atoms with Crippen LogP contribution >= 0.6 is 0 Å². The van der Waals surface area contributed by atoms with Crippen LogP contribution in [0.1, 0.15) is 39.5 Å². The van der Waals surface area contributed by atoms with E-state index in [1.54, 1.807) is 0 Å². The van der Waals surface area contributed by atoms with Crippen molar-refractivity contribution in [1.29, 1.82) is 0 Å². The Morgan fingerprint density at radius 2 is 1.95 bits per heavy atom. The number of nitrogens with zero attached hydrogens (tertiary/aromatic N) is 2. The predicted molar refractivity (Wildman–Crippen MR) is 82.5 cm³/mol. The van der Waals surface area contributed by atoms with Gasteiger partial charge >= 0.3 is 0 Å². The van der Waals surface area contributed by atoms with E-state index in [0.717, 1.165) is 17.9 Å². The fourth-order valence-corrected chi connectivity index (χ4v) is 4.53. The third kappa shape index (κ3) is 3.50. The summed E-state index contributed by atoms with van der Waals surface area (Å²) >= 11 is 0. The highest BCUT2D eigenvalue weighted by atomic mass is 15.2. The first-order chi connectivity index (χ1) is 9.02. The number of likely N-dealkylation sites (N-methyl/N-ethyl adjacent to an activating group) is 3. The van der Waals surface area contributed by atoms with Gasteiger partial charge in [-0.3, -0.25) is 4.90 Å². The molecule has 0 spiro atoms. The zero-order chi connectivity index (χ0) is 14.0. The average Bonchev–Trinajstić information content (AvgIpc) is 2.37. The van der Waals surface area contributed by atoms with Gasteiger partial charge in [-0.15, -0.1) is 0 Å². The van der Waals surface area contributed by atoms with Gasteiger partial charge in [0, 0.05) is 24.7 Å². The average molecular weight is 267 g/mol. The number of rotatable bonds is 3. The van der Waals surface area contributed by atoms with Crippen LogP contribution in [0.3, 0.4) is 0 Å². The van der Waals surface area contributed by atoms with Crippen LogP contribution in [0.5, 0.6) is 0 Å². The van der Waals surface area contributed by atoms with Gasteiger partial charge in [0.15, 0.2) is 0 Å². The van der Waals surface area contributed by atoms with Gasteiger partial charge in [-0.25, -0.2) is 0 Å². The molecule has 2 fully saturated rings. The number of hydrogen-bond acceptors (Lipinski definition) is 3. The highest BCUT2D eigenvalue weighted by Crippen LogP contribution is 2.33. The molecule has 1 aliphatic carbocycles. The molecule has 2 rings (SSSR count). The van der Waals surface area contributed by atoms with Crippen LogP contribution in [0.4, 0.5) is 0 Å². The molecular weight excluding hydrogens is 234 g/mol. The van der Waals surface area contributed by atoms with E-state index in [-0.39, 0.29) is 0 Å². The molecule has 112 valence electrons. The Labute approximate surface area is 119 Å². The van der Waals surface area contributed by atoms with Crippen LogP contribution in [0.15, 0.2) is 0 Å². The number of likely N-dealkylation sites (tertiary alicyclic amines) is 1. The van der Waals surface area contributed by atoms with Gasteiger partial charge in [0.25, 0.3) is 0 Å². The first kappa shape index (κ1) is 15.3. The molecule has 19 heavy (non-hydrogen) atoms. The van der Waals surface area contributed by atoms with Gasteiger partial charge in [-0.1, -0.05) is 13.8 Å². The van der Waals surface area contributed by atoms with Crippen molar-refractivity contribution in [3.8, 4) is 0 Å². The number of piperidine rings is 1. The first-order valence-corrected chi connectivity index (χ1v) is 8.10. The molecule has 0 radical (unpaired) electrons. The van der Waals surface area contributed by atoms with E-state index in [0.29, 0.717) is 12.1 Å². The van der Waals surface area contributed by atoms with Gasteiger partial charge in [0.05, 0.1) is 0 Å². The molecule has 3 nitrogen and oxygen atoms in total.